The number of nitrogens with zero attached hydrogens (tertiary/aromatic N) is 1. The summed E-state index contributed by atoms with van der Waals surface area (Å²) in [5.41, 5.74) is 0. The van der Waals surface area contributed by atoms with Crippen molar-refractivity contribution in [3.05, 3.63) is 12.2 Å². The molecule has 0 aliphatic rings. The summed E-state index contributed by atoms with van der Waals surface area (Å²) >= 11 is 0. The lowest BCUT2D eigenvalue weighted by Crippen LogP contribution is -2.42. The molecular weight excluding hydrogens is 529 g/mol. The highest BCUT2D eigenvalue weighted by Crippen LogP contribution is 2.40. The summed E-state index contributed by atoms with van der Waals surface area (Å²) in [6.45, 7) is 4.38. The second-order valence-corrected chi connectivity index (χ2v) is 13.3. The molecule has 0 amide bonds. The van der Waals surface area contributed by atoms with Gasteiger partial charge in [-0.15, -0.1) is 0 Å². The molecular formula is C31H62NO7P. The van der Waals surface area contributed by atoms with E-state index in [1.165, 1.54) is 44.9 Å². The molecule has 1 N–H and O–H groups in total. The molecule has 0 fully saturated rings. The van der Waals surface area contributed by atoms with Crippen LogP contribution in [0, 0.1) is 0 Å². The predicted octanol–water partition coefficient (Wildman–Crippen LogP) is 6.74. The van der Waals surface area contributed by atoms with Gasteiger partial charge in [0, 0.05) is 13.0 Å². The minimum Gasteiger partial charge on any atom is -0.756 e. The van der Waals surface area contributed by atoms with Crippen molar-refractivity contribution in [3.63, 3.8) is 0 Å². The van der Waals surface area contributed by atoms with Crippen LogP contribution in [0.25, 0.3) is 0 Å². The molecule has 0 aromatic rings. The number of hydrogen-bond donors (Lipinski definition) is 1. The molecule has 0 aromatic heterocycles. The summed E-state index contributed by atoms with van der Waals surface area (Å²) in [6.07, 6.45) is 20.3. The summed E-state index contributed by atoms with van der Waals surface area (Å²) < 4.78 is 28.8. The van der Waals surface area contributed by atoms with E-state index >= 15 is 0 Å². The van der Waals surface area contributed by atoms with Gasteiger partial charge in [0.15, 0.2) is 5.78 Å². The standard InChI is InChI=1S/C31H62NO7P/c1-6-8-10-11-12-13-14-15-16-17-18-19-20-21-22-24-29(34)31(37-26-23-9-7-2)30(28-33)39-40(35,36)38-27-25-32(3,4)5/h15-16,30-31,33H,6-14,17-28H2,1-5H3/b16-15+/t30-,31?/m0/s1. The summed E-state index contributed by atoms with van der Waals surface area (Å²) in [7, 11) is 1.05. The topological polar surface area (TPSA) is 105 Å². The lowest BCUT2D eigenvalue weighted by atomic mass is 10.0. The first kappa shape index (κ1) is 39.4. The van der Waals surface area contributed by atoms with Gasteiger partial charge in [-0.25, -0.2) is 0 Å². The van der Waals surface area contributed by atoms with Crippen LogP contribution in [0.5, 0.6) is 0 Å². The highest BCUT2D eigenvalue weighted by atomic mass is 31.2. The zero-order valence-corrected chi connectivity index (χ0v) is 27.3. The van der Waals surface area contributed by atoms with Gasteiger partial charge >= 0.3 is 0 Å². The zero-order chi connectivity index (χ0) is 30.1. The number of aliphatic hydroxyl groups excluding tert-OH is 1. The summed E-state index contributed by atoms with van der Waals surface area (Å²) in [4.78, 5) is 25.4. The van der Waals surface area contributed by atoms with Crippen molar-refractivity contribution in [1.29, 1.82) is 0 Å². The number of phosphoric acid groups is 1. The Bertz CT molecular complexity index is 681. The molecule has 0 aromatic carbocycles. The molecule has 9 heteroatoms. The first-order valence-electron chi connectivity index (χ1n) is 15.9. The molecule has 238 valence electrons. The molecule has 0 saturated carbocycles. The van der Waals surface area contributed by atoms with Gasteiger partial charge in [0.1, 0.15) is 25.4 Å². The number of rotatable bonds is 29. The summed E-state index contributed by atoms with van der Waals surface area (Å²) in [5, 5.41) is 9.89. The Hall–Kier alpha value is -0.600. The molecule has 40 heavy (non-hydrogen) atoms. The Morgan fingerprint density at radius 1 is 0.825 bits per heavy atom. The summed E-state index contributed by atoms with van der Waals surface area (Å²) in [6, 6.07) is 0. The number of ketones is 1. The first-order valence-corrected chi connectivity index (χ1v) is 17.4. The van der Waals surface area contributed by atoms with Crippen molar-refractivity contribution in [1.82, 2.24) is 0 Å². The smallest absolute Gasteiger partial charge is 0.268 e. The summed E-state index contributed by atoms with van der Waals surface area (Å²) in [5.74, 6) is -0.237. The Labute approximate surface area is 246 Å². The number of carbonyl (C=O) groups excluding carboxylic acids is 1. The highest BCUT2D eigenvalue weighted by Gasteiger charge is 2.32. The third-order valence-electron chi connectivity index (χ3n) is 6.84. The average molecular weight is 592 g/mol. The van der Waals surface area contributed by atoms with Crippen molar-refractivity contribution >= 4 is 13.6 Å². The molecule has 0 aliphatic heterocycles. The normalized spacial score (nSPS) is 15.4. The largest absolute Gasteiger partial charge is 0.756 e. The Morgan fingerprint density at radius 3 is 1.90 bits per heavy atom. The van der Waals surface area contributed by atoms with Crippen LogP contribution < -0.4 is 4.89 Å². The lowest BCUT2D eigenvalue weighted by molar-refractivity contribution is -0.870. The molecule has 0 spiro atoms. The van der Waals surface area contributed by atoms with E-state index in [9.17, 15) is 19.4 Å². The van der Waals surface area contributed by atoms with Crippen LogP contribution in [0.2, 0.25) is 0 Å². The van der Waals surface area contributed by atoms with E-state index in [4.69, 9.17) is 13.8 Å². The highest BCUT2D eigenvalue weighted by molar-refractivity contribution is 7.45. The van der Waals surface area contributed by atoms with Crippen LogP contribution in [0.15, 0.2) is 12.2 Å². The molecule has 8 nitrogen and oxygen atoms in total. The quantitative estimate of drug-likeness (QED) is 0.0445. The van der Waals surface area contributed by atoms with Crippen molar-refractivity contribution in [2.24, 2.45) is 0 Å². The van der Waals surface area contributed by atoms with Gasteiger partial charge in [0.25, 0.3) is 7.82 Å². The number of carbonyl (C=O) groups is 1. The molecule has 0 heterocycles. The number of ether oxygens (including phenoxy) is 1. The van der Waals surface area contributed by atoms with Crippen LogP contribution in [0.3, 0.4) is 0 Å². The second kappa shape index (κ2) is 24.9. The van der Waals surface area contributed by atoms with Crippen molar-refractivity contribution in [2.45, 2.75) is 135 Å². The minimum absolute atomic E-state index is 0.0483. The lowest BCUT2D eigenvalue weighted by Gasteiger charge is -2.32. The molecule has 3 atom stereocenters. The van der Waals surface area contributed by atoms with Gasteiger partial charge < -0.3 is 28.3 Å². The molecule has 0 aliphatic carbocycles. The van der Waals surface area contributed by atoms with Crippen LogP contribution in [0.4, 0.5) is 0 Å². The van der Waals surface area contributed by atoms with Gasteiger partial charge in [-0.3, -0.25) is 9.36 Å². The maximum Gasteiger partial charge on any atom is 0.268 e. The molecule has 0 radical (unpaired) electrons. The maximum absolute atomic E-state index is 13.0. The fourth-order valence-electron chi connectivity index (χ4n) is 4.29. The first-order chi connectivity index (χ1) is 19.1. The minimum atomic E-state index is -4.71. The number of aliphatic hydroxyl groups is 1. The monoisotopic (exact) mass is 591 g/mol. The van der Waals surface area contributed by atoms with Crippen LogP contribution in [-0.2, 0) is 23.1 Å². The second-order valence-electron chi connectivity index (χ2n) is 11.9. The number of quaternary nitrogens is 1. The number of likely N-dealkylation sites (N-methyl/N-ethyl adjacent to an activating group) is 1. The van der Waals surface area contributed by atoms with Gasteiger partial charge in [-0.2, -0.15) is 0 Å². The predicted molar refractivity (Wildman–Crippen MR) is 162 cm³/mol. The Balaban J connectivity index is 4.46. The third-order valence-corrected chi connectivity index (χ3v) is 7.87. The van der Waals surface area contributed by atoms with Crippen molar-refractivity contribution in [3.8, 4) is 0 Å². The molecule has 0 bridgehead atoms. The number of Topliss-reactive ketones (excluding diaryl/α,β-unsaturated/α-hetero) is 1. The van der Waals surface area contributed by atoms with Crippen LogP contribution in [-0.4, -0.2) is 75.1 Å². The number of hydrogen-bond acceptors (Lipinski definition) is 7. The van der Waals surface area contributed by atoms with E-state index in [1.807, 2.05) is 21.1 Å². The molecule has 0 saturated heterocycles. The van der Waals surface area contributed by atoms with Gasteiger partial charge in [-0.05, 0) is 38.5 Å². The van der Waals surface area contributed by atoms with E-state index in [1.54, 1.807) is 0 Å². The number of phosphoric ester groups is 1. The fourth-order valence-corrected chi connectivity index (χ4v) is 5.16. The van der Waals surface area contributed by atoms with Gasteiger partial charge in [0.2, 0.25) is 0 Å². The Morgan fingerprint density at radius 2 is 1.35 bits per heavy atom. The van der Waals surface area contributed by atoms with Crippen molar-refractivity contribution in [2.75, 3.05) is 47.5 Å². The average Bonchev–Trinajstić information content (AvgIpc) is 2.88. The fraction of sp³-hybridized carbons (Fsp3) is 0.903. The third kappa shape index (κ3) is 24.0. The van der Waals surface area contributed by atoms with Crippen molar-refractivity contribution < 1.29 is 37.6 Å². The SMILES string of the molecule is CCCCCCCC/C=C/CCCCCCCC(=O)C(OCCCCC)[C@H](CO)OP(=O)([O-])OCC[N+](C)(C)C. The number of allylic oxidation sites excluding steroid dienone is 2. The van der Waals surface area contributed by atoms with E-state index in [0.29, 0.717) is 24.1 Å². The molecule has 0 rings (SSSR count). The van der Waals surface area contributed by atoms with E-state index in [2.05, 4.69) is 26.0 Å². The molecule has 2 unspecified atom stereocenters. The van der Waals surface area contributed by atoms with Gasteiger partial charge in [0.05, 0.1) is 27.7 Å². The zero-order valence-electron chi connectivity index (χ0n) is 26.4. The maximum atomic E-state index is 13.0. The van der Waals surface area contributed by atoms with E-state index < -0.39 is 26.6 Å². The van der Waals surface area contributed by atoms with Crippen LogP contribution in [0.1, 0.15) is 123 Å². The number of unbranched alkanes of at least 4 members (excludes halogenated alkanes) is 13. The van der Waals surface area contributed by atoms with Gasteiger partial charge in [-0.1, -0.05) is 90.2 Å². The Kier molecular flexibility index (Phi) is 24.6. The van der Waals surface area contributed by atoms with Crippen LogP contribution >= 0.6 is 7.82 Å². The van der Waals surface area contributed by atoms with E-state index in [-0.39, 0.29) is 18.8 Å². The van der Waals surface area contributed by atoms with E-state index in [0.717, 1.165) is 51.4 Å².